The first-order valence-electron chi connectivity index (χ1n) is 26.4. The van der Waals surface area contributed by atoms with Gasteiger partial charge in [-0.3, -0.25) is 0 Å². The Morgan fingerprint density at radius 2 is 0.535 bits per heavy atom. The summed E-state index contributed by atoms with van der Waals surface area (Å²) in [4.78, 5) is 0. The van der Waals surface area contributed by atoms with E-state index in [1.54, 1.807) is 0 Å². The molecule has 2 aliphatic rings. The number of benzene rings is 6. The summed E-state index contributed by atoms with van der Waals surface area (Å²) < 4.78 is 13.0. The molecule has 0 spiro atoms. The van der Waals surface area contributed by atoms with E-state index < -0.39 is 32.5 Å². The summed E-state index contributed by atoms with van der Waals surface area (Å²) in [6.45, 7) is 13.5. The first kappa shape index (κ1) is 59.9. The van der Waals surface area contributed by atoms with Gasteiger partial charge in [0, 0.05) is 0 Å². The summed E-state index contributed by atoms with van der Waals surface area (Å²) in [5.41, 5.74) is -0.626. The monoisotopic (exact) mass is 1190 g/mol. The smallest absolute Gasteiger partial charge is 0.691 e. The van der Waals surface area contributed by atoms with Crippen LogP contribution in [-0.4, -0.2) is 27.8 Å². The summed E-state index contributed by atoms with van der Waals surface area (Å²) >= 11 is 0. The Hall–Kier alpha value is -3.66. The predicted molar refractivity (Wildman–Crippen MR) is 313 cm³/mol. The third-order valence-electron chi connectivity index (χ3n) is 14.6. The minimum Gasteiger partial charge on any atom is -0.691 e. The topological polar surface area (TPSA) is 18.5 Å². The Bertz CT molecular complexity index is 2010. The Kier molecular flexibility index (Phi) is 26.8. The summed E-state index contributed by atoms with van der Waals surface area (Å²) in [6, 6.07) is 71.7. The molecule has 0 N–H and O–H groups in total. The summed E-state index contributed by atoms with van der Waals surface area (Å²) in [5.74, 6) is 5.48. The third-order valence-corrected chi connectivity index (χ3v) is 28.8. The van der Waals surface area contributed by atoms with Crippen LogP contribution in [0.1, 0.15) is 106 Å². The molecule has 0 aliphatic heterocycles. The van der Waals surface area contributed by atoms with Gasteiger partial charge in [0.15, 0.2) is 16.6 Å². The quantitative estimate of drug-likeness (QED) is 0.0416. The van der Waals surface area contributed by atoms with Crippen molar-refractivity contribution in [3.63, 3.8) is 0 Å². The molecule has 376 valence electrons. The maximum absolute atomic E-state index is 7.60. The molecule has 6 aromatic carbocycles. The van der Waals surface area contributed by atoms with Gasteiger partial charge in [-0.1, -0.05) is 236 Å². The van der Waals surface area contributed by atoms with Crippen molar-refractivity contribution in [2.24, 2.45) is 0 Å². The van der Waals surface area contributed by atoms with Gasteiger partial charge in [-0.2, -0.15) is 0 Å². The molecular weight excluding hydrogens is 1110 g/mol. The number of rotatable bonds is 16. The zero-order valence-corrected chi connectivity index (χ0v) is 49.7. The molecule has 6 aromatic rings. The largest absolute Gasteiger partial charge is 2.00 e. The Balaban J connectivity index is 0.000000206. The van der Waals surface area contributed by atoms with Crippen LogP contribution in [0.5, 0.6) is 0 Å². The molecule has 2 saturated carbocycles. The molecule has 0 heterocycles. The van der Waals surface area contributed by atoms with E-state index in [2.05, 4.69) is 235 Å². The van der Waals surface area contributed by atoms with Crippen molar-refractivity contribution in [1.82, 2.24) is 0 Å². The van der Waals surface area contributed by atoms with Crippen LogP contribution < -0.4 is 31.8 Å². The van der Waals surface area contributed by atoms with Crippen LogP contribution in [0.25, 0.3) is 0 Å². The SMILES string of the molecule is [C-]#CC1(O[Si](CC)(CC)CC)CCCCC1.[C-]#CC1(O[Si](CC)(CC)CC)CCCCC1.[Pt+2].c1ccc(P(c2ccccc2)c2ccccc2)cc1.c1ccc(P(c2ccccc2)c2ccccc2)cc1. The fourth-order valence-corrected chi connectivity index (χ4v) is 20.5. The molecule has 0 unspecified atom stereocenters. The average molecular weight is 1190 g/mol. The summed E-state index contributed by atoms with van der Waals surface area (Å²) in [6.07, 6.45) is 26.7. The van der Waals surface area contributed by atoms with Gasteiger partial charge in [0.1, 0.15) is 0 Å². The zero-order chi connectivity index (χ0) is 50.0. The van der Waals surface area contributed by atoms with E-state index >= 15 is 0 Å². The van der Waals surface area contributed by atoms with Crippen LogP contribution in [0.3, 0.4) is 0 Å². The van der Waals surface area contributed by atoms with E-state index in [1.165, 1.54) is 107 Å². The minimum absolute atomic E-state index is 0. The van der Waals surface area contributed by atoms with Crippen LogP contribution in [-0.2, 0) is 29.9 Å². The Morgan fingerprint density at radius 3 is 0.690 bits per heavy atom. The Labute approximate surface area is 451 Å². The van der Waals surface area contributed by atoms with Gasteiger partial charge >= 0.3 is 21.1 Å². The standard InChI is InChI=1S/2C18H15P.2C14H25OSi.Pt/c2*1-4-10-16(11-5-1)19(17-12-6-2-7-13-17)18-14-8-3-9-15-18;2*1-5-14(12-10-9-11-13-14)15-16(6-2,7-3)8-4;/h2*1-15H;2*6-13H2,2-4H3;/q;;2*-1;+2. The molecule has 0 atom stereocenters. The number of hydrogen-bond donors (Lipinski definition) is 0. The second-order valence-electron chi connectivity index (χ2n) is 18.7. The Morgan fingerprint density at radius 1 is 0.352 bits per heavy atom. The van der Waals surface area contributed by atoms with Gasteiger partial charge in [-0.15, -0.1) is 0 Å². The maximum Gasteiger partial charge on any atom is 2.00 e. The van der Waals surface area contributed by atoms with Gasteiger partial charge in [-0.25, -0.2) is 0 Å². The average Bonchev–Trinajstić information content (AvgIpc) is 3.45. The molecule has 0 radical (unpaired) electrons. The van der Waals surface area contributed by atoms with Gasteiger partial charge in [0.2, 0.25) is 0 Å². The molecular formula is C64H80O2P2PtSi2. The first-order valence-corrected chi connectivity index (χ1v) is 34.1. The first-order chi connectivity index (χ1) is 34.2. The molecule has 2 nitrogen and oxygen atoms in total. The molecule has 0 amide bonds. The van der Waals surface area contributed by atoms with Crippen molar-refractivity contribution in [3.05, 3.63) is 195 Å². The molecule has 0 aromatic heterocycles. The van der Waals surface area contributed by atoms with Crippen LogP contribution in [0, 0.1) is 24.7 Å². The van der Waals surface area contributed by atoms with E-state index in [-0.39, 0.29) is 32.3 Å². The normalized spacial score (nSPS) is 14.8. The van der Waals surface area contributed by atoms with Crippen LogP contribution >= 0.6 is 15.8 Å². The van der Waals surface area contributed by atoms with E-state index in [0.29, 0.717) is 0 Å². The van der Waals surface area contributed by atoms with Crippen molar-refractivity contribution < 1.29 is 29.9 Å². The van der Waals surface area contributed by atoms with Crippen molar-refractivity contribution in [1.29, 1.82) is 0 Å². The van der Waals surface area contributed by atoms with Gasteiger partial charge in [-0.05, 0) is 135 Å². The second kappa shape index (κ2) is 31.8. The number of hydrogen-bond acceptors (Lipinski definition) is 2. The van der Waals surface area contributed by atoms with Gasteiger partial charge < -0.3 is 33.5 Å². The maximum atomic E-state index is 7.60. The van der Waals surface area contributed by atoms with Crippen LogP contribution in [0.15, 0.2) is 182 Å². The van der Waals surface area contributed by atoms with Gasteiger partial charge in [0.25, 0.3) is 0 Å². The fraction of sp³-hybridized carbons (Fsp3) is 0.375. The minimum atomic E-state index is -1.58. The summed E-state index contributed by atoms with van der Waals surface area (Å²) in [5, 5.41) is 8.39. The fourth-order valence-electron chi connectivity index (χ4n) is 9.87. The second-order valence-corrected chi connectivity index (χ2v) is 32.6. The van der Waals surface area contributed by atoms with Crippen molar-refractivity contribution in [3.8, 4) is 11.8 Å². The zero-order valence-electron chi connectivity index (χ0n) is 43.7. The van der Waals surface area contributed by atoms with Crippen LogP contribution in [0.2, 0.25) is 36.3 Å². The molecule has 7 heteroatoms. The van der Waals surface area contributed by atoms with E-state index in [0.717, 1.165) is 25.7 Å². The molecule has 71 heavy (non-hydrogen) atoms. The molecule has 2 fully saturated rings. The molecule has 0 bridgehead atoms. The van der Waals surface area contributed by atoms with E-state index in [4.69, 9.17) is 21.7 Å². The third kappa shape index (κ3) is 17.8. The molecule has 2 aliphatic carbocycles. The van der Waals surface area contributed by atoms with E-state index in [9.17, 15) is 0 Å². The molecule has 8 rings (SSSR count). The van der Waals surface area contributed by atoms with Crippen molar-refractivity contribution >= 4 is 64.3 Å². The predicted octanol–water partition coefficient (Wildman–Crippen LogP) is 15.5. The molecule has 0 saturated heterocycles. The van der Waals surface area contributed by atoms with E-state index in [1.807, 2.05) is 0 Å². The van der Waals surface area contributed by atoms with Crippen LogP contribution in [0.4, 0.5) is 0 Å². The summed E-state index contributed by atoms with van der Waals surface area (Å²) in [7, 11) is -4.05. The van der Waals surface area contributed by atoms with Gasteiger partial charge in [0.05, 0.1) is 11.2 Å². The van der Waals surface area contributed by atoms with Crippen molar-refractivity contribution in [2.75, 3.05) is 0 Å². The van der Waals surface area contributed by atoms with Crippen molar-refractivity contribution in [2.45, 2.75) is 153 Å².